The van der Waals surface area contributed by atoms with Gasteiger partial charge in [0.1, 0.15) is 0 Å². The van der Waals surface area contributed by atoms with Gasteiger partial charge in [-0.3, -0.25) is 4.79 Å². The van der Waals surface area contributed by atoms with Crippen LogP contribution in [0.3, 0.4) is 0 Å². The molecule has 0 bridgehead atoms. The minimum Gasteiger partial charge on any atom is -0.490 e. The van der Waals surface area contributed by atoms with Crippen LogP contribution >= 0.6 is 11.6 Å². The highest BCUT2D eigenvalue weighted by molar-refractivity contribution is 6.31. The van der Waals surface area contributed by atoms with E-state index in [2.05, 4.69) is 6.92 Å². The number of carbonyl (C=O) groups is 1. The van der Waals surface area contributed by atoms with Crippen LogP contribution in [-0.4, -0.2) is 24.3 Å². The molecule has 0 saturated heterocycles. The Balaban J connectivity index is 2.15. The summed E-state index contributed by atoms with van der Waals surface area (Å²) in [5.74, 6) is 0.920. The monoisotopic (exact) mass is 326 g/mol. The van der Waals surface area contributed by atoms with Gasteiger partial charge >= 0.3 is 5.97 Å². The van der Waals surface area contributed by atoms with Gasteiger partial charge in [-0.05, 0) is 50.2 Å². The van der Waals surface area contributed by atoms with Gasteiger partial charge in [0.25, 0.3) is 0 Å². The van der Waals surface area contributed by atoms with Crippen LogP contribution in [0.1, 0.15) is 45.1 Å². The number of carboxylic acids is 1. The topological polar surface area (TPSA) is 55.8 Å². The standard InChI is InChI=1S/C17H23ClO4/c1-4-21-15-8-12(14(18)9-16(15)22-5-2)10(3)6-11-7-13(11)17(19)20/h8-11,13H,4-7H2,1-3H3,(H,19,20). The molecule has 0 radical (unpaired) electrons. The van der Waals surface area contributed by atoms with E-state index in [1.807, 2.05) is 19.9 Å². The van der Waals surface area contributed by atoms with Crippen molar-refractivity contribution >= 4 is 17.6 Å². The summed E-state index contributed by atoms with van der Waals surface area (Å²) in [6.45, 7) is 7.02. The third-order valence-electron chi connectivity index (χ3n) is 4.09. The molecule has 0 spiro atoms. The SMILES string of the molecule is CCOc1cc(Cl)c(C(C)CC2CC2C(=O)O)cc1OCC. The maximum absolute atomic E-state index is 11.0. The van der Waals surface area contributed by atoms with E-state index in [1.54, 1.807) is 6.07 Å². The molecule has 1 aliphatic rings. The summed E-state index contributed by atoms with van der Waals surface area (Å²) in [6.07, 6.45) is 1.60. The summed E-state index contributed by atoms with van der Waals surface area (Å²) in [5.41, 5.74) is 0.990. The summed E-state index contributed by atoms with van der Waals surface area (Å²) in [4.78, 5) is 11.0. The second-order valence-electron chi connectivity index (χ2n) is 5.76. The molecule has 3 unspecified atom stereocenters. The van der Waals surface area contributed by atoms with Crippen molar-refractivity contribution in [3.63, 3.8) is 0 Å². The fourth-order valence-electron chi connectivity index (χ4n) is 2.86. The first-order valence-electron chi connectivity index (χ1n) is 7.79. The average Bonchev–Trinajstić information content (AvgIpc) is 3.21. The van der Waals surface area contributed by atoms with E-state index in [0.29, 0.717) is 29.7 Å². The second-order valence-corrected chi connectivity index (χ2v) is 6.17. The molecular formula is C17H23ClO4. The predicted octanol–water partition coefficient (Wildman–Crippen LogP) is 4.35. The van der Waals surface area contributed by atoms with Crippen molar-refractivity contribution in [2.45, 2.75) is 39.5 Å². The van der Waals surface area contributed by atoms with Crippen molar-refractivity contribution in [3.05, 3.63) is 22.7 Å². The normalized spacial score (nSPS) is 21.3. The highest BCUT2D eigenvalue weighted by atomic mass is 35.5. The van der Waals surface area contributed by atoms with Crippen LogP contribution in [0.25, 0.3) is 0 Å². The molecule has 22 heavy (non-hydrogen) atoms. The Labute approximate surface area is 136 Å². The van der Waals surface area contributed by atoms with Gasteiger partial charge in [0.2, 0.25) is 0 Å². The van der Waals surface area contributed by atoms with Crippen LogP contribution in [0.2, 0.25) is 5.02 Å². The Morgan fingerprint density at radius 3 is 2.41 bits per heavy atom. The maximum Gasteiger partial charge on any atom is 0.306 e. The van der Waals surface area contributed by atoms with Crippen molar-refractivity contribution in [2.75, 3.05) is 13.2 Å². The molecule has 1 aromatic carbocycles. The molecule has 0 heterocycles. The summed E-state index contributed by atoms with van der Waals surface area (Å²) in [6, 6.07) is 3.73. The van der Waals surface area contributed by atoms with Crippen molar-refractivity contribution in [1.29, 1.82) is 0 Å². The van der Waals surface area contributed by atoms with Crippen LogP contribution < -0.4 is 9.47 Å². The molecule has 1 N–H and O–H groups in total. The van der Waals surface area contributed by atoms with Gasteiger partial charge in [-0.1, -0.05) is 18.5 Å². The molecule has 0 aromatic heterocycles. The number of benzene rings is 1. The van der Waals surface area contributed by atoms with E-state index in [9.17, 15) is 4.79 Å². The third kappa shape index (κ3) is 3.86. The predicted molar refractivity (Wildman–Crippen MR) is 86.1 cm³/mol. The van der Waals surface area contributed by atoms with E-state index in [4.69, 9.17) is 26.2 Å². The summed E-state index contributed by atoms with van der Waals surface area (Å²) >= 11 is 6.38. The van der Waals surface area contributed by atoms with Crippen LogP contribution in [0.5, 0.6) is 11.5 Å². The number of carboxylic acid groups (broad SMARTS) is 1. The number of hydrogen-bond donors (Lipinski definition) is 1. The fourth-order valence-corrected chi connectivity index (χ4v) is 3.20. The zero-order valence-corrected chi connectivity index (χ0v) is 14.0. The van der Waals surface area contributed by atoms with Crippen molar-refractivity contribution in [1.82, 2.24) is 0 Å². The summed E-state index contributed by atoms with van der Waals surface area (Å²) in [5, 5.41) is 9.65. The molecule has 1 aliphatic carbocycles. The van der Waals surface area contributed by atoms with Crippen LogP contribution in [0.15, 0.2) is 12.1 Å². The summed E-state index contributed by atoms with van der Waals surface area (Å²) < 4.78 is 11.2. The lowest BCUT2D eigenvalue weighted by molar-refractivity contribution is -0.138. The molecule has 1 fully saturated rings. The summed E-state index contributed by atoms with van der Waals surface area (Å²) in [7, 11) is 0. The largest absolute Gasteiger partial charge is 0.490 e. The highest BCUT2D eigenvalue weighted by Crippen LogP contribution is 2.47. The molecule has 1 aromatic rings. The van der Waals surface area contributed by atoms with Crippen molar-refractivity contribution < 1.29 is 19.4 Å². The first-order valence-corrected chi connectivity index (χ1v) is 8.17. The van der Waals surface area contributed by atoms with E-state index >= 15 is 0 Å². The highest BCUT2D eigenvalue weighted by Gasteiger charge is 2.43. The molecule has 3 atom stereocenters. The molecule has 2 rings (SSSR count). The van der Waals surface area contributed by atoms with E-state index < -0.39 is 5.97 Å². The van der Waals surface area contributed by atoms with Gasteiger partial charge in [0.05, 0.1) is 19.1 Å². The maximum atomic E-state index is 11.0. The minimum atomic E-state index is -0.690. The van der Waals surface area contributed by atoms with Gasteiger partial charge in [-0.15, -0.1) is 0 Å². The smallest absolute Gasteiger partial charge is 0.306 e. The van der Waals surface area contributed by atoms with Gasteiger partial charge in [0, 0.05) is 11.1 Å². The average molecular weight is 327 g/mol. The van der Waals surface area contributed by atoms with Crippen LogP contribution in [0, 0.1) is 11.8 Å². The fraction of sp³-hybridized carbons (Fsp3) is 0.588. The Kier molecular flexibility index (Phi) is 5.57. The van der Waals surface area contributed by atoms with E-state index in [1.165, 1.54) is 0 Å². The van der Waals surface area contributed by atoms with Crippen molar-refractivity contribution in [2.24, 2.45) is 11.8 Å². The molecule has 4 nitrogen and oxygen atoms in total. The number of hydrogen-bond acceptors (Lipinski definition) is 3. The number of aliphatic carboxylic acids is 1. The zero-order chi connectivity index (χ0) is 16.3. The quantitative estimate of drug-likeness (QED) is 0.771. The lowest BCUT2D eigenvalue weighted by Gasteiger charge is -2.18. The number of ether oxygens (including phenoxy) is 2. The third-order valence-corrected chi connectivity index (χ3v) is 4.42. The Bertz CT molecular complexity index is 544. The number of halogens is 1. The van der Waals surface area contributed by atoms with Crippen LogP contribution in [0.4, 0.5) is 0 Å². The molecular weight excluding hydrogens is 304 g/mol. The lowest BCUT2D eigenvalue weighted by atomic mass is 9.94. The number of rotatable bonds is 8. The second kappa shape index (κ2) is 7.23. The Morgan fingerprint density at radius 2 is 1.91 bits per heavy atom. The first kappa shape index (κ1) is 16.9. The molecule has 5 heteroatoms. The lowest BCUT2D eigenvalue weighted by Crippen LogP contribution is -2.04. The van der Waals surface area contributed by atoms with Gasteiger partial charge in [-0.25, -0.2) is 0 Å². The van der Waals surface area contributed by atoms with E-state index in [0.717, 1.165) is 18.4 Å². The molecule has 0 aliphatic heterocycles. The Morgan fingerprint density at radius 1 is 1.32 bits per heavy atom. The minimum absolute atomic E-state index is 0.185. The van der Waals surface area contributed by atoms with E-state index in [-0.39, 0.29) is 17.8 Å². The van der Waals surface area contributed by atoms with Crippen molar-refractivity contribution in [3.8, 4) is 11.5 Å². The van der Waals surface area contributed by atoms with Gasteiger partial charge in [0.15, 0.2) is 11.5 Å². The molecule has 122 valence electrons. The molecule has 0 amide bonds. The zero-order valence-electron chi connectivity index (χ0n) is 13.3. The Hall–Kier alpha value is -1.42. The molecule has 1 saturated carbocycles. The van der Waals surface area contributed by atoms with Gasteiger partial charge in [-0.2, -0.15) is 0 Å². The van der Waals surface area contributed by atoms with Gasteiger partial charge < -0.3 is 14.6 Å². The van der Waals surface area contributed by atoms with Crippen LogP contribution in [-0.2, 0) is 4.79 Å². The first-order chi connectivity index (χ1) is 10.5.